The van der Waals surface area contributed by atoms with Crippen molar-refractivity contribution < 1.29 is 24.2 Å². The minimum Gasteiger partial charge on any atom is -0.179 e. The molecule has 5 fully saturated rings. The third-order valence-electron chi connectivity index (χ3n) is 10.2. The minimum atomic E-state index is 0.336. The van der Waals surface area contributed by atoms with E-state index in [1.165, 1.54) is 73.6 Å². The van der Waals surface area contributed by atoms with Crippen LogP contribution in [0.1, 0.15) is 88.7 Å². The van der Waals surface area contributed by atoms with Crippen molar-refractivity contribution in [2.75, 3.05) is 0 Å². The molecule has 0 aromatic heterocycles. The average Bonchev–Trinajstić information content (AvgIpc) is 3.49. The maximum absolute atomic E-state index is 3.33. The molecule has 7 aliphatic carbocycles. The molecule has 0 N–H and O–H groups in total. The molecule has 5 saturated carbocycles. The molecule has 9 rings (SSSR count). The van der Waals surface area contributed by atoms with Crippen molar-refractivity contribution in [3.63, 3.8) is 0 Å². The van der Waals surface area contributed by atoms with E-state index in [1.807, 2.05) is 6.07 Å². The van der Waals surface area contributed by atoms with Gasteiger partial charge in [-0.3, -0.25) is 6.08 Å². The molecule has 0 nitrogen and oxygen atoms in total. The van der Waals surface area contributed by atoms with Crippen LogP contribution in [0.2, 0.25) is 0 Å². The Labute approximate surface area is 234 Å². The molecule has 2 aromatic carbocycles. The van der Waals surface area contributed by atoms with Gasteiger partial charge in [0.15, 0.2) is 0 Å². The monoisotopic (exact) mass is 550 g/mol. The van der Waals surface area contributed by atoms with E-state index in [4.69, 9.17) is 0 Å². The number of fused-ring (bicyclic) bond motifs is 3. The summed E-state index contributed by atoms with van der Waals surface area (Å²) >= 11 is 1.69. The molecule has 0 amide bonds. The van der Waals surface area contributed by atoms with Crippen LogP contribution in [0.3, 0.4) is 0 Å². The third-order valence-corrected chi connectivity index (χ3v) is 11.4. The molecule has 0 aliphatic heterocycles. The van der Waals surface area contributed by atoms with Crippen molar-refractivity contribution in [3.8, 4) is 11.1 Å². The van der Waals surface area contributed by atoms with Gasteiger partial charge in [0.25, 0.3) is 0 Å². The van der Waals surface area contributed by atoms with Crippen molar-refractivity contribution in [2.45, 2.75) is 84.0 Å². The van der Waals surface area contributed by atoms with Crippen LogP contribution in [0.15, 0.2) is 60.7 Å². The second-order valence-electron chi connectivity index (χ2n) is 12.7. The number of benzene rings is 2. The van der Waals surface area contributed by atoms with Crippen molar-refractivity contribution in [1.29, 1.82) is 0 Å². The summed E-state index contributed by atoms with van der Waals surface area (Å²) in [4.78, 5) is 0. The second-order valence-corrected chi connectivity index (χ2v) is 14.4. The molecule has 36 heavy (non-hydrogen) atoms. The van der Waals surface area contributed by atoms with Crippen LogP contribution in [-0.2, 0) is 30.7 Å². The van der Waals surface area contributed by atoms with Gasteiger partial charge >= 0.3 is 59.5 Å². The van der Waals surface area contributed by atoms with Crippen LogP contribution in [0.25, 0.3) is 11.1 Å². The van der Waals surface area contributed by atoms with Crippen molar-refractivity contribution >= 4 is 3.21 Å². The van der Waals surface area contributed by atoms with Gasteiger partial charge in [-0.05, 0) is 68.1 Å². The van der Waals surface area contributed by atoms with Gasteiger partial charge in [0, 0.05) is 0 Å². The summed E-state index contributed by atoms with van der Waals surface area (Å²) in [7, 11) is 0. The molecular weight excluding hydrogens is 512 g/mol. The van der Waals surface area contributed by atoms with Crippen molar-refractivity contribution in [1.82, 2.24) is 0 Å². The van der Waals surface area contributed by atoms with Gasteiger partial charge in [0.1, 0.15) is 0 Å². The SMILES string of the molecule is CC1(C23CC4CC(CC(C4)C2)C3)C=[C-]C=C1.[Zr+2]=[C]1CCCCC1.[c-]1cccc2c1Cc1ccccc1-2. The Hall–Kier alpha value is -1.33. The van der Waals surface area contributed by atoms with Crippen LogP contribution in [0.4, 0.5) is 0 Å². The molecule has 4 bridgehead atoms. The molecule has 1 atom stereocenters. The molecule has 0 spiro atoms. The van der Waals surface area contributed by atoms with Gasteiger partial charge in [-0.15, -0.1) is 5.56 Å². The van der Waals surface area contributed by atoms with Crippen LogP contribution in [0.5, 0.6) is 0 Å². The Morgan fingerprint density at radius 1 is 0.833 bits per heavy atom. The molecule has 184 valence electrons. The zero-order valence-electron chi connectivity index (χ0n) is 22.0. The predicted molar refractivity (Wildman–Crippen MR) is 147 cm³/mol. The maximum Gasteiger partial charge on any atom is -0.0253 e. The van der Waals surface area contributed by atoms with Crippen LogP contribution in [-0.4, -0.2) is 3.21 Å². The summed E-state index contributed by atoms with van der Waals surface area (Å²) in [6.07, 6.45) is 27.8. The number of hydrogen-bond acceptors (Lipinski definition) is 0. The standard InChI is InChI=1S/C16H21.C13H9.C6H10.Zr/c1-15(4-2-3-5-15)16-9-12-6-13(10-16)8-14(7-12)11-16;1-3-7-12-10(5-1)9-11-6-2-4-8-13(11)12;1-2-4-6-5-3-1;/h2,4-5,12-14H,6-11H2,1H3;1-5,7-8H,9H2;1-5H2;/q2*-1;;+2. The summed E-state index contributed by atoms with van der Waals surface area (Å²) < 4.78 is 1.80. The summed E-state index contributed by atoms with van der Waals surface area (Å²) in [6, 6.07) is 18.1. The predicted octanol–water partition coefficient (Wildman–Crippen LogP) is 8.87. The normalized spacial score (nSPS) is 34.4. The Bertz CT molecular complexity index is 1070. The van der Waals surface area contributed by atoms with Crippen molar-refractivity contribution in [3.05, 3.63) is 84.0 Å². The van der Waals surface area contributed by atoms with Gasteiger partial charge in [0.2, 0.25) is 0 Å². The van der Waals surface area contributed by atoms with Crippen molar-refractivity contribution in [2.24, 2.45) is 28.6 Å². The van der Waals surface area contributed by atoms with E-state index in [2.05, 4.69) is 73.7 Å². The van der Waals surface area contributed by atoms with Gasteiger partial charge in [0.05, 0.1) is 0 Å². The first-order valence-electron chi connectivity index (χ1n) is 14.5. The fraction of sp³-hybridized carbons (Fsp3) is 0.514. The molecule has 7 aliphatic rings. The van der Waals surface area contributed by atoms with E-state index in [0.717, 1.165) is 24.2 Å². The first-order valence-corrected chi connectivity index (χ1v) is 15.7. The maximum atomic E-state index is 3.33. The van der Waals surface area contributed by atoms with Gasteiger partial charge in [-0.25, -0.2) is 12.2 Å². The molecule has 0 saturated heterocycles. The van der Waals surface area contributed by atoms with Gasteiger partial charge in [-0.1, -0.05) is 47.7 Å². The van der Waals surface area contributed by atoms with Gasteiger partial charge < -0.3 is 0 Å². The number of allylic oxidation sites excluding steroid dienone is 4. The van der Waals surface area contributed by atoms with Crippen LogP contribution >= 0.6 is 0 Å². The fourth-order valence-corrected chi connectivity index (χ4v) is 9.44. The van der Waals surface area contributed by atoms with E-state index in [1.54, 1.807) is 46.7 Å². The van der Waals surface area contributed by atoms with Gasteiger partial charge in [-0.2, -0.15) is 35.9 Å². The molecule has 0 radical (unpaired) electrons. The van der Waals surface area contributed by atoms with E-state index < -0.39 is 0 Å². The molecule has 2 aromatic rings. The topological polar surface area (TPSA) is 0 Å². The summed E-state index contributed by atoms with van der Waals surface area (Å²) in [5.74, 6) is 3.18. The zero-order chi connectivity index (χ0) is 24.6. The molecule has 1 unspecified atom stereocenters. The van der Waals surface area contributed by atoms with E-state index in [9.17, 15) is 0 Å². The third kappa shape index (κ3) is 4.91. The Morgan fingerprint density at radius 2 is 1.50 bits per heavy atom. The average molecular weight is 552 g/mol. The van der Waals surface area contributed by atoms with E-state index in [-0.39, 0.29) is 0 Å². The largest absolute Gasteiger partial charge is 0.179 e. The van der Waals surface area contributed by atoms with E-state index >= 15 is 0 Å². The van der Waals surface area contributed by atoms with E-state index in [0.29, 0.717) is 10.8 Å². The first kappa shape index (κ1) is 25.0. The smallest absolute Gasteiger partial charge is 0.0253 e. The Morgan fingerprint density at radius 3 is 2.11 bits per heavy atom. The summed E-state index contributed by atoms with van der Waals surface area (Å²) in [6.45, 7) is 2.46. The first-order chi connectivity index (χ1) is 17.5. The fourth-order valence-electron chi connectivity index (χ4n) is 8.57. The molecular formula is C35H40Zr. The Balaban J connectivity index is 0.000000108. The van der Waals surface area contributed by atoms with Crippen LogP contribution < -0.4 is 0 Å². The Kier molecular flexibility index (Phi) is 7.25. The number of rotatable bonds is 1. The summed E-state index contributed by atoms with van der Waals surface area (Å²) in [5.41, 5.74) is 6.46. The summed E-state index contributed by atoms with van der Waals surface area (Å²) in [5, 5.41) is 0. The minimum absolute atomic E-state index is 0.336. The second kappa shape index (κ2) is 10.4. The molecule has 1 heteroatoms. The quantitative estimate of drug-likeness (QED) is 0.265. The van der Waals surface area contributed by atoms with Crippen LogP contribution in [0, 0.1) is 40.7 Å². The number of hydrogen-bond donors (Lipinski definition) is 0. The zero-order valence-corrected chi connectivity index (χ0v) is 24.4. The molecule has 0 heterocycles.